The maximum atomic E-state index is 2.42. The van der Waals surface area contributed by atoms with Gasteiger partial charge in [-0.3, -0.25) is 0 Å². The predicted molar refractivity (Wildman–Crippen MR) is 23.1 cm³/mol. The van der Waals surface area contributed by atoms with Gasteiger partial charge >= 0.3 is 22.1 Å². The first-order chi connectivity index (χ1) is 1.00. The van der Waals surface area contributed by atoms with Crippen molar-refractivity contribution in [3.05, 3.63) is 0 Å². The Hall–Kier alpha value is 0.662. The first-order valence-corrected chi connectivity index (χ1v) is 1.73. The van der Waals surface area contributed by atoms with Gasteiger partial charge in [-0.15, -0.1) is 0 Å². The van der Waals surface area contributed by atoms with Crippen molar-refractivity contribution in [2.75, 3.05) is 0 Å². The molecule has 0 spiro atoms. The molecule has 0 saturated carbocycles. The van der Waals surface area contributed by atoms with E-state index in [0.717, 1.165) is 0 Å². The van der Waals surface area contributed by atoms with E-state index in [-0.39, 0.29) is 16.8 Å². The summed E-state index contributed by atoms with van der Waals surface area (Å²) in [6.45, 7) is 0. The van der Waals surface area contributed by atoms with Crippen LogP contribution in [-0.4, -0.2) is 33.1 Å². The van der Waals surface area contributed by atoms with Crippen LogP contribution in [0, 0.1) is 0 Å². The van der Waals surface area contributed by atoms with Gasteiger partial charge in [-0.25, -0.2) is 0 Å². The van der Waals surface area contributed by atoms with E-state index < -0.39 is 0 Å². The van der Waals surface area contributed by atoms with Gasteiger partial charge in [-0.05, 0) is 0 Å². The Kier molecular flexibility index (Phi) is 335. The molecular weight excluding hydrogens is 60.6 g/mol. The minimum atomic E-state index is 0. The Morgan fingerprint density at radius 2 is 1.00 bits per heavy atom. The molecule has 0 aromatic rings. The zero-order valence-corrected chi connectivity index (χ0v) is 3.89. The van der Waals surface area contributed by atoms with E-state index in [2.05, 4.69) is 16.3 Å². The summed E-state index contributed by atoms with van der Waals surface area (Å²) in [6.07, 6.45) is 0. The van der Waals surface area contributed by atoms with Gasteiger partial charge in [-0.1, -0.05) is 0 Å². The Balaban J connectivity index is -0.00000000500. The molecule has 0 rings (SSSR count). The third-order valence-electron chi connectivity index (χ3n) is 0. The van der Waals surface area contributed by atoms with Crippen molar-refractivity contribution in [3.63, 3.8) is 0 Å². The Morgan fingerprint density at radius 1 is 1.00 bits per heavy atom. The summed E-state index contributed by atoms with van der Waals surface area (Å²) < 4.78 is 0. The normalized spacial score (nSPS) is 1.75. The molecule has 0 aliphatic rings. The summed E-state index contributed by atoms with van der Waals surface area (Å²) in [5.41, 5.74) is 0. The second kappa shape index (κ2) is 59.2. The van der Waals surface area contributed by atoms with E-state index in [1.165, 1.54) is 0 Å². The zero-order chi connectivity index (χ0) is 2.00. The van der Waals surface area contributed by atoms with Gasteiger partial charge in [0.05, 0.1) is 0 Å². The monoisotopic (exact) mass is 64.0 g/mol. The van der Waals surface area contributed by atoms with Crippen molar-refractivity contribution >= 4 is 33.1 Å². The quantitative estimate of drug-likeness (QED) is 0.331. The standard InChI is InChI=1S/CH3.Al.2B/h1H3;;;/q;+2;2*-1. The van der Waals surface area contributed by atoms with Gasteiger partial charge in [0.1, 0.15) is 0 Å². The fourth-order valence-corrected chi connectivity index (χ4v) is 0. The summed E-state index contributed by atoms with van der Waals surface area (Å²) in [7, 11) is 0. The van der Waals surface area contributed by atoms with Crippen LogP contribution in [0.4, 0.5) is 0 Å². The molecule has 0 fully saturated rings. The van der Waals surface area contributed by atoms with Crippen molar-refractivity contribution < 1.29 is 0 Å². The van der Waals surface area contributed by atoms with E-state index in [0.29, 0.717) is 0 Å². The molecule has 0 aliphatic heterocycles. The maximum absolute atomic E-state index is 2.42. The fraction of sp³-hybridized carbons (Fsp3) is 1.00. The van der Waals surface area contributed by atoms with Crippen LogP contribution in [0.1, 0.15) is 0 Å². The minimum absolute atomic E-state index is 0. The molecule has 0 amide bonds. The first kappa shape index (κ1) is 22.6. The molecule has 0 aromatic carbocycles. The van der Waals surface area contributed by atoms with Crippen LogP contribution >= 0.6 is 0 Å². The van der Waals surface area contributed by atoms with Crippen LogP contribution < -0.4 is 0 Å². The van der Waals surface area contributed by atoms with Gasteiger partial charge in [0.2, 0.25) is 0 Å². The molecule has 0 bridgehead atoms. The average Bonchev–Trinajstić information content (AvgIpc) is 1.00. The molecule has 0 heterocycles. The molecule has 0 N–H and O–H groups in total. The van der Waals surface area contributed by atoms with E-state index in [9.17, 15) is 0 Å². The molecule has 4 heavy (non-hydrogen) atoms. The van der Waals surface area contributed by atoms with Gasteiger partial charge < -0.3 is 16.8 Å². The Morgan fingerprint density at radius 3 is 1.00 bits per heavy atom. The summed E-state index contributed by atoms with van der Waals surface area (Å²) >= 11 is 2.42. The molecule has 0 aromatic heterocycles. The van der Waals surface area contributed by atoms with E-state index in [4.69, 9.17) is 0 Å². The van der Waals surface area contributed by atoms with Crippen molar-refractivity contribution in [2.45, 2.75) is 5.79 Å². The van der Waals surface area contributed by atoms with Crippen molar-refractivity contribution in [2.24, 2.45) is 0 Å². The Labute approximate surface area is 39.5 Å². The summed E-state index contributed by atoms with van der Waals surface area (Å²) in [6, 6.07) is 0. The topological polar surface area (TPSA) is 0 Å². The van der Waals surface area contributed by atoms with Gasteiger partial charge in [0.15, 0.2) is 0 Å². The summed E-state index contributed by atoms with van der Waals surface area (Å²) in [5, 5.41) is 0. The van der Waals surface area contributed by atoms with Crippen molar-refractivity contribution in [1.29, 1.82) is 0 Å². The van der Waals surface area contributed by atoms with Gasteiger partial charge in [0, 0.05) is 0 Å². The summed E-state index contributed by atoms with van der Waals surface area (Å²) in [5.74, 6) is 1.92. The number of hydrogen-bond donors (Lipinski definition) is 0. The van der Waals surface area contributed by atoms with Crippen LogP contribution in [0.2, 0.25) is 5.79 Å². The molecule has 3 heteroatoms. The van der Waals surface area contributed by atoms with Crippen LogP contribution in [-0.2, 0) is 0 Å². The average molecular weight is 63.6 g/mol. The van der Waals surface area contributed by atoms with Gasteiger partial charge in [0.25, 0.3) is 0 Å². The van der Waals surface area contributed by atoms with Crippen LogP contribution in [0.25, 0.3) is 0 Å². The van der Waals surface area contributed by atoms with Crippen molar-refractivity contribution in [3.8, 4) is 0 Å². The number of rotatable bonds is 0. The van der Waals surface area contributed by atoms with E-state index in [1.807, 2.05) is 5.79 Å². The predicted octanol–water partition coefficient (Wildman–Crippen LogP) is -0.559. The molecule has 0 aliphatic carbocycles. The molecule has 8 radical (unpaired) electrons. The molecule has 0 saturated heterocycles. The SMILES string of the molecule is [B-].[B-].[CH3][Al+2]. The van der Waals surface area contributed by atoms with Crippen LogP contribution in [0.5, 0.6) is 0 Å². The second-order valence-electron chi connectivity index (χ2n) is 0. The van der Waals surface area contributed by atoms with Crippen LogP contribution in [0.3, 0.4) is 0 Å². The number of hydrogen-bond acceptors (Lipinski definition) is 0. The fourth-order valence-electron chi connectivity index (χ4n) is 0. The molecule has 16 valence electrons. The second-order valence-corrected chi connectivity index (χ2v) is 0. The third-order valence-corrected chi connectivity index (χ3v) is 0. The molecular formula is CH3AlB2. The van der Waals surface area contributed by atoms with Crippen molar-refractivity contribution in [1.82, 2.24) is 0 Å². The molecule has 0 unspecified atom stereocenters. The van der Waals surface area contributed by atoms with E-state index in [1.54, 1.807) is 0 Å². The molecule has 0 atom stereocenters. The first-order valence-electron chi connectivity index (χ1n) is 0.577. The van der Waals surface area contributed by atoms with E-state index >= 15 is 0 Å². The Bertz CT molecular complexity index is 6.00. The van der Waals surface area contributed by atoms with Crippen LogP contribution in [0.15, 0.2) is 0 Å². The molecule has 0 nitrogen and oxygen atoms in total. The zero-order valence-electron chi connectivity index (χ0n) is 2.73. The summed E-state index contributed by atoms with van der Waals surface area (Å²) in [4.78, 5) is 0. The third kappa shape index (κ3) is 16.8. The van der Waals surface area contributed by atoms with Gasteiger partial charge in [-0.2, -0.15) is 0 Å².